The second kappa shape index (κ2) is 7.49. The molecule has 136 valence electrons. The third-order valence-corrected chi connectivity index (χ3v) is 5.59. The van der Waals surface area contributed by atoms with Crippen molar-refractivity contribution in [1.29, 1.82) is 5.26 Å². The summed E-state index contributed by atoms with van der Waals surface area (Å²) < 4.78 is 5.22. The fourth-order valence-electron chi connectivity index (χ4n) is 4.14. The molecule has 1 fully saturated rings. The van der Waals surface area contributed by atoms with Gasteiger partial charge in [0.2, 0.25) is 0 Å². The van der Waals surface area contributed by atoms with Gasteiger partial charge in [0, 0.05) is 31.5 Å². The van der Waals surface area contributed by atoms with E-state index in [1.165, 1.54) is 5.56 Å². The van der Waals surface area contributed by atoms with Crippen LogP contribution < -0.4 is 4.74 Å². The summed E-state index contributed by atoms with van der Waals surface area (Å²) in [6.45, 7) is 6.66. The molecule has 1 saturated heterocycles. The number of ether oxygens (including phenoxy) is 1. The molecular weight excluding hydrogens is 324 g/mol. The van der Waals surface area contributed by atoms with Gasteiger partial charge in [-0.15, -0.1) is 0 Å². The first-order chi connectivity index (χ1) is 12.5. The lowest BCUT2D eigenvalue weighted by atomic mass is 9.70. The zero-order chi connectivity index (χ0) is 18.7. The van der Waals surface area contributed by atoms with Crippen molar-refractivity contribution in [1.82, 2.24) is 4.90 Å². The summed E-state index contributed by atoms with van der Waals surface area (Å²) in [6.07, 6.45) is 0. The molecule has 4 heteroatoms. The van der Waals surface area contributed by atoms with E-state index in [1.54, 1.807) is 13.2 Å². The highest BCUT2D eigenvalue weighted by atomic mass is 16.5. The topological polar surface area (TPSA) is 56.5 Å². The normalized spacial score (nSPS) is 26.3. The molecule has 0 spiro atoms. The minimum Gasteiger partial charge on any atom is -0.497 e. The van der Waals surface area contributed by atoms with Crippen LogP contribution in [0, 0.1) is 23.2 Å². The smallest absolute Gasteiger partial charge is 0.118 e. The van der Waals surface area contributed by atoms with E-state index in [2.05, 4.69) is 36.9 Å². The van der Waals surface area contributed by atoms with E-state index < -0.39 is 5.60 Å². The lowest BCUT2D eigenvalue weighted by Crippen LogP contribution is -2.54. The molecule has 0 aromatic heterocycles. The van der Waals surface area contributed by atoms with Crippen molar-refractivity contribution >= 4 is 0 Å². The molecule has 0 radical (unpaired) electrons. The molecule has 4 nitrogen and oxygen atoms in total. The number of methoxy groups -OCH3 is 1. The van der Waals surface area contributed by atoms with Gasteiger partial charge in [0.05, 0.1) is 24.3 Å². The summed E-state index contributed by atoms with van der Waals surface area (Å²) >= 11 is 0. The maximum Gasteiger partial charge on any atom is 0.118 e. The van der Waals surface area contributed by atoms with Gasteiger partial charge >= 0.3 is 0 Å². The van der Waals surface area contributed by atoms with Crippen LogP contribution in [-0.4, -0.2) is 30.2 Å². The summed E-state index contributed by atoms with van der Waals surface area (Å²) in [5.74, 6) is 0.998. The zero-order valence-corrected chi connectivity index (χ0v) is 15.6. The third kappa shape index (κ3) is 3.46. The number of rotatable bonds is 4. The number of aliphatic hydroxyl groups is 1. The van der Waals surface area contributed by atoms with Crippen LogP contribution in [0.5, 0.6) is 5.75 Å². The van der Waals surface area contributed by atoms with E-state index in [4.69, 9.17) is 4.74 Å². The molecule has 2 aromatic carbocycles. The van der Waals surface area contributed by atoms with Crippen LogP contribution in [0.1, 0.15) is 30.5 Å². The van der Waals surface area contributed by atoms with Crippen molar-refractivity contribution in [3.8, 4) is 11.8 Å². The van der Waals surface area contributed by atoms with E-state index in [0.717, 1.165) is 30.9 Å². The molecule has 1 N–H and O–H groups in total. The van der Waals surface area contributed by atoms with Gasteiger partial charge in [-0.1, -0.05) is 38.1 Å². The fourth-order valence-corrected chi connectivity index (χ4v) is 4.14. The van der Waals surface area contributed by atoms with Crippen molar-refractivity contribution in [2.24, 2.45) is 11.8 Å². The first-order valence-corrected chi connectivity index (χ1v) is 9.05. The number of nitriles is 1. The minimum absolute atomic E-state index is 0.0680. The maximum absolute atomic E-state index is 11.5. The van der Waals surface area contributed by atoms with Crippen molar-refractivity contribution in [3.05, 3.63) is 65.2 Å². The van der Waals surface area contributed by atoms with Crippen LogP contribution in [0.4, 0.5) is 0 Å². The Balaban J connectivity index is 1.76. The first-order valence-electron chi connectivity index (χ1n) is 9.05. The molecule has 1 aliphatic rings. The van der Waals surface area contributed by atoms with Gasteiger partial charge in [0.25, 0.3) is 0 Å². The molecule has 26 heavy (non-hydrogen) atoms. The Bertz CT molecular complexity index is 783. The molecule has 1 unspecified atom stereocenters. The average Bonchev–Trinajstić information content (AvgIpc) is 2.66. The molecule has 0 aliphatic carbocycles. The second-order valence-corrected chi connectivity index (χ2v) is 7.36. The average molecular weight is 350 g/mol. The number of hydrogen-bond donors (Lipinski definition) is 1. The van der Waals surface area contributed by atoms with Gasteiger partial charge in [0.15, 0.2) is 0 Å². The quantitative estimate of drug-likeness (QED) is 0.916. The summed E-state index contributed by atoms with van der Waals surface area (Å²) in [5, 5.41) is 20.7. The highest BCUT2D eigenvalue weighted by Gasteiger charge is 2.45. The zero-order valence-electron chi connectivity index (χ0n) is 15.6. The van der Waals surface area contributed by atoms with Gasteiger partial charge in [0.1, 0.15) is 5.75 Å². The Morgan fingerprint density at radius 2 is 1.81 bits per heavy atom. The van der Waals surface area contributed by atoms with Crippen LogP contribution >= 0.6 is 0 Å². The number of benzene rings is 2. The molecule has 0 bridgehead atoms. The first kappa shape index (κ1) is 18.4. The molecule has 1 aliphatic heterocycles. The van der Waals surface area contributed by atoms with Crippen LogP contribution in [0.15, 0.2) is 48.5 Å². The van der Waals surface area contributed by atoms with E-state index in [-0.39, 0.29) is 11.8 Å². The second-order valence-electron chi connectivity index (χ2n) is 7.36. The summed E-state index contributed by atoms with van der Waals surface area (Å²) in [6, 6.07) is 17.7. The number of likely N-dealkylation sites (tertiary alicyclic amines) is 1. The highest BCUT2D eigenvalue weighted by Crippen LogP contribution is 2.41. The lowest BCUT2D eigenvalue weighted by Gasteiger charge is -2.48. The number of nitrogens with zero attached hydrogens (tertiary/aromatic N) is 2. The summed E-state index contributed by atoms with van der Waals surface area (Å²) in [5.41, 5.74) is 1.77. The molecule has 0 saturated carbocycles. The van der Waals surface area contributed by atoms with Gasteiger partial charge in [-0.05, 0) is 35.4 Å². The van der Waals surface area contributed by atoms with Gasteiger partial charge in [-0.2, -0.15) is 5.26 Å². The van der Waals surface area contributed by atoms with E-state index in [1.807, 2.05) is 30.3 Å². The SMILES string of the molecule is COc1ccc(CN2C[C@@H](C)C(O)(c3cccc(C#N)c3)[C@@H](C)C2)cc1. The predicted octanol–water partition coefficient (Wildman–Crippen LogP) is 3.54. The molecule has 3 rings (SSSR count). The van der Waals surface area contributed by atoms with Crippen LogP contribution in [0.3, 0.4) is 0 Å². The fraction of sp³-hybridized carbons (Fsp3) is 0.409. The van der Waals surface area contributed by atoms with E-state index >= 15 is 0 Å². The van der Waals surface area contributed by atoms with Crippen molar-refractivity contribution < 1.29 is 9.84 Å². The molecule has 2 aromatic rings. The standard InChI is InChI=1S/C22H26N2O2/c1-16-13-24(15-18-7-9-21(26-3)10-8-18)14-17(2)22(16,25)20-6-4-5-19(11-20)12-23/h4-11,16-17,25H,13-15H2,1-3H3/t16-,17+,22?. The van der Waals surface area contributed by atoms with Crippen molar-refractivity contribution in [2.75, 3.05) is 20.2 Å². The minimum atomic E-state index is -0.913. The number of hydrogen-bond acceptors (Lipinski definition) is 4. The Labute approximate surface area is 155 Å². The monoisotopic (exact) mass is 350 g/mol. The Morgan fingerprint density at radius 3 is 2.38 bits per heavy atom. The van der Waals surface area contributed by atoms with Gasteiger partial charge in [-0.25, -0.2) is 0 Å². The molecule has 0 amide bonds. The molecular formula is C22H26N2O2. The predicted molar refractivity (Wildman–Crippen MR) is 102 cm³/mol. The third-order valence-electron chi connectivity index (χ3n) is 5.59. The van der Waals surface area contributed by atoms with E-state index in [9.17, 15) is 10.4 Å². The van der Waals surface area contributed by atoms with Gasteiger partial charge in [-0.3, -0.25) is 4.90 Å². The number of piperidine rings is 1. The Kier molecular flexibility index (Phi) is 5.31. The Hall–Kier alpha value is -2.35. The molecule has 1 heterocycles. The Morgan fingerprint density at radius 1 is 1.15 bits per heavy atom. The lowest BCUT2D eigenvalue weighted by molar-refractivity contribution is -0.114. The van der Waals surface area contributed by atoms with Crippen LogP contribution in [0.2, 0.25) is 0 Å². The maximum atomic E-state index is 11.5. The summed E-state index contributed by atoms with van der Waals surface area (Å²) in [4.78, 5) is 2.39. The molecule has 3 atom stereocenters. The summed E-state index contributed by atoms with van der Waals surface area (Å²) in [7, 11) is 1.67. The van der Waals surface area contributed by atoms with Crippen molar-refractivity contribution in [2.45, 2.75) is 26.0 Å². The van der Waals surface area contributed by atoms with Gasteiger partial charge < -0.3 is 9.84 Å². The van der Waals surface area contributed by atoms with E-state index in [0.29, 0.717) is 5.56 Å². The highest BCUT2D eigenvalue weighted by molar-refractivity contribution is 5.36. The van der Waals surface area contributed by atoms with Crippen LogP contribution in [0.25, 0.3) is 0 Å². The van der Waals surface area contributed by atoms with Crippen molar-refractivity contribution in [3.63, 3.8) is 0 Å². The van der Waals surface area contributed by atoms with Crippen LogP contribution in [-0.2, 0) is 12.1 Å². The largest absolute Gasteiger partial charge is 0.497 e.